The summed E-state index contributed by atoms with van der Waals surface area (Å²) in [6, 6.07) is 2.37. The first-order valence-electron chi connectivity index (χ1n) is 6.86. The Bertz CT molecular complexity index is 495. The van der Waals surface area contributed by atoms with Crippen molar-refractivity contribution in [1.82, 2.24) is 4.98 Å². The highest BCUT2D eigenvalue weighted by Crippen LogP contribution is 2.37. The number of anilines is 2. The van der Waals surface area contributed by atoms with E-state index in [9.17, 15) is 4.79 Å². The van der Waals surface area contributed by atoms with Gasteiger partial charge in [-0.25, -0.2) is 4.98 Å². The molecule has 5 nitrogen and oxygen atoms in total. The Kier molecular flexibility index (Phi) is 4.86. The second-order valence-corrected chi connectivity index (χ2v) is 5.84. The average molecular weight is 342 g/mol. The van der Waals surface area contributed by atoms with E-state index < -0.39 is 0 Å². The highest BCUT2D eigenvalue weighted by molar-refractivity contribution is 9.10. The molecule has 2 heterocycles. The molecular weight excluding hydrogens is 322 g/mol. The van der Waals surface area contributed by atoms with Crippen molar-refractivity contribution in [3.05, 3.63) is 16.9 Å². The van der Waals surface area contributed by atoms with Crippen LogP contribution in [-0.4, -0.2) is 29.8 Å². The number of pyridine rings is 1. The number of nitrogens with one attached hydrogen (secondary N) is 1. The molecule has 2 rings (SSSR count). The van der Waals surface area contributed by atoms with E-state index in [2.05, 4.69) is 45.0 Å². The molecule has 1 aromatic rings. The van der Waals surface area contributed by atoms with Gasteiger partial charge in [-0.2, -0.15) is 0 Å². The van der Waals surface area contributed by atoms with Gasteiger partial charge in [-0.05, 0) is 35.3 Å². The Morgan fingerprint density at radius 1 is 1.65 bits per heavy atom. The lowest BCUT2D eigenvalue weighted by molar-refractivity contribution is -0.141. The lowest BCUT2D eigenvalue weighted by Gasteiger charge is -2.32. The molecule has 1 aliphatic heterocycles. The van der Waals surface area contributed by atoms with Crippen molar-refractivity contribution < 1.29 is 9.53 Å². The minimum Gasteiger partial charge on any atom is -0.462 e. The fraction of sp³-hybridized carbons (Fsp3) is 0.571. The SMILES string of the molecule is CCCC(C)N1c2cc(Br)ncc2NC1COC(C)=O. The quantitative estimate of drug-likeness (QED) is 0.658. The van der Waals surface area contributed by atoms with Gasteiger partial charge in [-0.3, -0.25) is 4.79 Å². The lowest BCUT2D eigenvalue weighted by Crippen LogP contribution is -2.45. The van der Waals surface area contributed by atoms with Crippen LogP contribution in [0.25, 0.3) is 0 Å². The predicted octanol–water partition coefficient (Wildman–Crippen LogP) is 3.15. The van der Waals surface area contributed by atoms with Crippen molar-refractivity contribution in [2.24, 2.45) is 0 Å². The highest BCUT2D eigenvalue weighted by atomic mass is 79.9. The number of halogens is 1. The van der Waals surface area contributed by atoms with E-state index >= 15 is 0 Å². The van der Waals surface area contributed by atoms with Gasteiger partial charge in [0.2, 0.25) is 0 Å². The van der Waals surface area contributed by atoms with Crippen LogP contribution in [0.4, 0.5) is 11.4 Å². The third kappa shape index (κ3) is 3.23. The summed E-state index contributed by atoms with van der Waals surface area (Å²) >= 11 is 3.41. The van der Waals surface area contributed by atoms with Crippen LogP contribution in [0.2, 0.25) is 0 Å². The summed E-state index contributed by atoms with van der Waals surface area (Å²) in [6.45, 7) is 6.12. The van der Waals surface area contributed by atoms with E-state index in [0.717, 1.165) is 28.8 Å². The maximum absolute atomic E-state index is 11.0. The summed E-state index contributed by atoms with van der Waals surface area (Å²) in [6.07, 6.45) is 3.96. The van der Waals surface area contributed by atoms with Crippen LogP contribution in [0, 0.1) is 0 Å². The molecule has 0 aliphatic carbocycles. The Hall–Kier alpha value is -1.30. The first-order chi connectivity index (χ1) is 9.52. The van der Waals surface area contributed by atoms with Crippen molar-refractivity contribution in [2.75, 3.05) is 16.8 Å². The molecule has 0 spiro atoms. The van der Waals surface area contributed by atoms with Crippen LogP contribution >= 0.6 is 15.9 Å². The number of rotatable bonds is 5. The van der Waals surface area contributed by atoms with Crippen molar-refractivity contribution in [3.8, 4) is 0 Å². The molecule has 0 aromatic carbocycles. The van der Waals surface area contributed by atoms with Gasteiger partial charge < -0.3 is 15.0 Å². The van der Waals surface area contributed by atoms with Crippen molar-refractivity contribution in [2.45, 2.75) is 45.8 Å². The fourth-order valence-electron chi connectivity index (χ4n) is 2.58. The lowest BCUT2D eigenvalue weighted by atomic mass is 10.1. The average Bonchev–Trinajstić information content (AvgIpc) is 2.74. The maximum Gasteiger partial charge on any atom is 0.302 e. The molecular formula is C14H20BrN3O2. The Morgan fingerprint density at radius 2 is 2.40 bits per heavy atom. The number of carbonyl (C=O) groups excluding carboxylic acids is 1. The molecule has 0 radical (unpaired) electrons. The third-order valence-corrected chi connectivity index (χ3v) is 3.84. The second kappa shape index (κ2) is 6.43. The number of ether oxygens (including phenoxy) is 1. The molecule has 2 atom stereocenters. The standard InChI is InChI=1S/C14H20BrN3O2/c1-4-5-9(2)18-12-6-13(15)16-7-11(12)17-14(18)8-20-10(3)19/h6-7,9,14,17H,4-5,8H2,1-3H3. The molecule has 0 saturated carbocycles. The van der Waals surface area contributed by atoms with E-state index in [1.165, 1.54) is 6.92 Å². The Labute approximate surface area is 127 Å². The van der Waals surface area contributed by atoms with Crippen LogP contribution in [0.15, 0.2) is 16.9 Å². The van der Waals surface area contributed by atoms with Gasteiger partial charge in [-0.15, -0.1) is 0 Å². The molecule has 20 heavy (non-hydrogen) atoms. The van der Waals surface area contributed by atoms with Gasteiger partial charge in [0, 0.05) is 13.0 Å². The van der Waals surface area contributed by atoms with Gasteiger partial charge in [-0.1, -0.05) is 13.3 Å². The fourth-order valence-corrected chi connectivity index (χ4v) is 2.90. The minimum absolute atomic E-state index is 0.0356. The number of hydrogen-bond donors (Lipinski definition) is 1. The predicted molar refractivity (Wildman–Crippen MR) is 82.8 cm³/mol. The highest BCUT2D eigenvalue weighted by Gasteiger charge is 2.32. The number of hydrogen-bond acceptors (Lipinski definition) is 5. The summed E-state index contributed by atoms with van der Waals surface area (Å²) in [5, 5.41) is 3.37. The molecule has 1 aliphatic rings. The van der Waals surface area contributed by atoms with Gasteiger partial charge in [0.15, 0.2) is 0 Å². The zero-order valence-electron chi connectivity index (χ0n) is 12.0. The summed E-state index contributed by atoms with van der Waals surface area (Å²) in [5.41, 5.74) is 2.08. The number of carbonyl (C=O) groups is 1. The van der Waals surface area contributed by atoms with E-state index in [4.69, 9.17) is 4.74 Å². The third-order valence-electron chi connectivity index (χ3n) is 3.41. The van der Waals surface area contributed by atoms with Crippen LogP contribution in [0.3, 0.4) is 0 Å². The van der Waals surface area contributed by atoms with Crippen molar-refractivity contribution >= 4 is 33.3 Å². The van der Waals surface area contributed by atoms with Crippen LogP contribution in [-0.2, 0) is 9.53 Å². The number of nitrogens with zero attached hydrogens (tertiary/aromatic N) is 2. The minimum atomic E-state index is -0.259. The van der Waals surface area contributed by atoms with E-state index in [1.54, 1.807) is 6.20 Å². The van der Waals surface area contributed by atoms with Gasteiger partial charge in [0.05, 0.1) is 17.6 Å². The van der Waals surface area contributed by atoms with Gasteiger partial charge in [0.1, 0.15) is 17.4 Å². The first-order valence-corrected chi connectivity index (χ1v) is 7.66. The summed E-state index contributed by atoms with van der Waals surface area (Å²) in [5.74, 6) is -0.259. The largest absolute Gasteiger partial charge is 0.462 e. The van der Waals surface area contributed by atoms with Crippen LogP contribution in [0.5, 0.6) is 0 Å². The van der Waals surface area contributed by atoms with Gasteiger partial charge >= 0.3 is 5.97 Å². The molecule has 0 saturated heterocycles. The van der Waals surface area contributed by atoms with E-state index in [0.29, 0.717) is 12.6 Å². The van der Waals surface area contributed by atoms with E-state index in [1.807, 2.05) is 6.07 Å². The number of aromatic nitrogens is 1. The first kappa shape index (κ1) is 15.1. The number of esters is 1. The topological polar surface area (TPSA) is 54.5 Å². The van der Waals surface area contributed by atoms with Crippen LogP contribution in [0.1, 0.15) is 33.6 Å². The summed E-state index contributed by atoms with van der Waals surface area (Å²) < 4.78 is 5.98. The molecule has 1 aromatic heterocycles. The van der Waals surface area contributed by atoms with Crippen molar-refractivity contribution in [3.63, 3.8) is 0 Å². The van der Waals surface area contributed by atoms with Crippen molar-refractivity contribution in [1.29, 1.82) is 0 Å². The Balaban J connectivity index is 2.23. The van der Waals surface area contributed by atoms with E-state index in [-0.39, 0.29) is 12.1 Å². The smallest absolute Gasteiger partial charge is 0.302 e. The van der Waals surface area contributed by atoms with Crippen LogP contribution < -0.4 is 10.2 Å². The molecule has 0 amide bonds. The number of fused-ring (bicyclic) bond motifs is 1. The van der Waals surface area contributed by atoms with Gasteiger partial charge in [0.25, 0.3) is 0 Å². The molecule has 1 N–H and O–H groups in total. The monoisotopic (exact) mass is 341 g/mol. The molecule has 2 unspecified atom stereocenters. The molecule has 6 heteroatoms. The zero-order valence-corrected chi connectivity index (χ0v) is 13.6. The maximum atomic E-state index is 11.0. The molecule has 110 valence electrons. The summed E-state index contributed by atoms with van der Waals surface area (Å²) in [4.78, 5) is 17.6. The molecule has 0 fully saturated rings. The normalized spacial score (nSPS) is 18.4. The Morgan fingerprint density at radius 3 is 3.05 bits per heavy atom. The second-order valence-electron chi connectivity index (χ2n) is 5.03. The zero-order chi connectivity index (χ0) is 14.7. The summed E-state index contributed by atoms with van der Waals surface area (Å²) in [7, 11) is 0. The molecule has 0 bridgehead atoms.